The van der Waals surface area contributed by atoms with Gasteiger partial charge in [0, 0.05) is 13.1 Å². The number of amides is 1. The van der Waals surface area contributed by atoms with Gasteiger partial charge in [-0.2, -0.15) is 0 Å². The summed E-state index contributed by atoms with van der Waals surface area (Å²) in [5, 5.41) is 3.63. The van der Waals surface area contributed by atoms with Gasteiger partial charge in [0.15, 0.2) is 0 Å². The van der Waals surface area contributed by atoms with Gasteiger partial charge in [-0.25, -0.2) is 18.1 Å². The first-order valence-corrected chi connectivity index (χ1v) is 8.73. The Bertz CT molecular complexity index is 537. The lowest BCUT2D eigenvalue weighted by Crippen LogP contribution is -2.34. The maximum atomic E-state index is 11.9. The molecule has 1 aromatic rings. The molecule has 0 fully saturated rings. The highest BCUT2D eigenvalue weighted by molar-refractivity contribution is 7.88. The van der Waals surface area contributed by atoms with E-state index in [1.54, 1.807) is 6.92 Å². The summed E-state index contributed by atoms with van der Waals surface area (Å²) in [5.74, 6) is -0.201. The lowest BCUT2D eigenvalue weighted by atomic mass is 10.3. The van der Waals surface area contributed by atoms with E-state index in [9.17, 15) is 13.2 Å². The Balaban J connectivity index is 2.49. The summed E-state index contributed by atoms with van der Waals surface area (Å²) in [6.45, 7) is 4.31. The third kappa shape index (κ3) is 5.66. The second kappa shape index (κ2) is 6.97. The van der Waals surface area contributed by atoms with Crippen LogP contribution >= 0.6 is 11.3 Å². The zero-order valence-electron chi connectivity index (χ0n) is 11.3. The van der Waals surface area contributed by atoms with Gasteiger partial charge in [0.2, 0.25) is 10.0 Å². The monoisotopic (exact) mass is 305 g/mol. The van der Waals surface area contributed by atoms with Crippen molar-refractivity contribution in [1.29, 1.82) is 0 Å². The van der Waals surface area contributed by atoms with Gasteiger partial charge in [-0.1, -0.05) is 6.92 Å². The minimum atomic E-state index is -3.21. The minimum absolute atomic E-state index is 0.185. The molecule has 2 N–H and O–H groups in total. The fourth-order valence-electron chi connectivity index (χ4n) is 1.48. The van der Waals surface area contributed by atoms with Crippen LogP contribution in [0.4, 0.5) is 0 Å². The third-order valence-corrected chi connectivity index (χ3v) is 4.23. The molecule has 19 heavy (non-hydrogen) atoms. The van der Waals surface area contributed by atoms with E-state index in [0.717, 1.165) is 29.8 Å². The van der Waals surface area contributed by atoms with Crippen molar-refractivity contribution in [1.82, 2.24) is 15.0 Å². The summed E-state index contributed by atoms with van der Waals surface area (Å²) >= 11 is 1.39. The van der Waals surface area contributed by atoms with Gasteiger partial charge in [-0.05, 0) is 19.8 Å². The van der Waals surface area contributed by atoms with Crippen molar-refractivity contribution in [3.8, 4) is 0 Å². The van der Waals surface area contributed by atoms with E-state index in [-0.39, 0.29) is 19.0 Å². The number of rotatable bonds is 7. The number of carbonyl (C=O) groups is 1. The van der Waals surface area contributed by atoms with Crippen molar-refractivity contribution < 1.29 is 13.2 Å². The average molecular weight is 305 g/mol. The first-order chi connectivity index (χ1) is 8.83. The molecule has 0 spiro atoms. The lowest BCUT2D eigenvalue weighted by molar-refractivity contribution is 0.0957. The fourth-order valence-corrected chi connectivity index (χ4v) is 3.03. The molecule has 1 rings (SSSR count). The first-order valence-electron chi connectivity index (χ1n) is 6.02. The molecule has 0 atom stereocenters. The van der Waals surface area contributed by atoms with E-state index in [0.29, 0.717) is 4.88 Å². The van der Waals surface area contributed by atoms with Crippen LogP contribution in [0.2, 0.25) is 0 Å². The molecule has 0 bridgehead atoms. The molecule has 6 nitrogen and oxygen atoms in total. The topological polar surface area (TPSA) is 88.2 Å². The number of aryl methyl sites for hydroxylation is 2. The summed E-state index contributed by atoms with van der Waals surface area (Å²) in [4.78, 5) is 16.8. The largest absolute Gasteiger partial charge is 0.350 e. The van der Waals surface area contributed by atoms with E-state index < -0.39 is 10.0 Å². The van der Waals surface area contributed by atoms with Crippen molar-refractivity contribution in [2.45, 2.75) is 26.7 Å². The lowest BCUT2D eigenvalue weighted by Gasteiger charge is -2.04. The molecule has 0 aliphatic rings. The number of hydrogen-bond donors (Lipinski definition) is 2. The van der Waals surface area contributed by atoms with Crippen LogP contribution in [0.15, 0.2) is 0 Å². The zero-order valence-corrected chi connectivity index (χ0v) is 12.9. The Morgan fingerprint density at radius 2 is 2.05 bits per heavy atom. The molecule has 0 saturated carbocycles. The molecule has 0 aliphatic heterocycles. The Kier molecular flexibility index (Phi) is 5.89. The van der Waals surface area contributed by atoms with Gasteiger partial charge in [-0.15, -0.1) is 11.3 Å². The summed E-state index contributed by atoms with van der Waals surface area (Å²) < 4.78 is 24.0. The maximum Gasteiger partial charge on any atom is 0.263 e. The number of sulfonamides is 1. The predicted octanol–water partition coefficient (Wildman–Crippen LogP) is 0.683. The Morgan fingerprint density at radius 1 is 1.37 bits per heavy atom. The normalized spacial score (nSPS) is 11.5. The molecule has 0 unspecified atom stereocenters. The zero-order chi connectivity index (χ0) is 14.5. The van der Waals surface area contributed by atoms with Crippen LogP contribution in [-0.4, -0.2) is 38.7 Å². The van der Waals surface area contributed by atoms with Crippen LogP contribution in [-0.2, 0) is 16.4 Å². The second-order valence-corrected chi connectivity index (χ2v) is 7.11. The van der Waals surface area contributed by atoms with Gasteiger partial charge in [0.25, 0.3) is 5.91 Å². The van der Waals surface area contributed by atoms with E-state index >= 15 is 0 Å². The van der Waals surface area contributed by atoms with Crippen molar-refractivity contribution in [2.24, 2.45) is 0 Å². The maximum absolute atomic E-state index is 11.9. The van der Waals surface area contributed by atoms with Crippen LogP contribution in [0, 0.1) is 6.92 Å². The molecule has 1 aromatic heterocycles. The standard InChI is InChI=1S/C11H19N3O3S2/c1-4-5-9-14-8(2)10(18-9)11(15)12-6-7-13-19(3,16)17/h13H,4-7H2,1-3H3,(H,12,15). The second-order valence-electron chi connectivity index (χ2n) is 4.19. The molecule has 8 heteroatoms. The Labute approximate surface area is 117 Å². The SMILES string of the molecule is CCCc1nc(C)c(C(=O)NCCNS(C)(=O)=O)s1. The van der Waals surface area contributed by atoms with E-state index in [4.69, 9.17) is 0 Å². The molecular formula is C11H19N3O3S2. The number of thiazole rings is 1. The van der Waals surface area contributed by atoms with E-state index in [2.05, 4.69) is 21.9 Å². The van der Waals surface area contributed by atoms with Crippen molar-refractivity contribution in [3.63, 3.8) is 0 Å². The van der Waals surface area contributed by atoms with E-state index in [1.165, 1.54) is 11.3 Å². The summed E-state index contributed by atoms with van der Waals surface area (Å²) in [6.07, 6.45) is 2.94. The van der Waals surface area contributed by atoms with Gasteiger partial charge in [0.1, 0.15) is 4.88 Å². The van der Waals surface area contributed by atoms with Crippen LogP contribution in [0.25, 0.3) is 0 Å². The van der Waals surface area contributed by atoms with Gasteiger partial charge in [0.05, 0.1) is 17.0 Å². The average Bonchev–Trinajstić information content (AvgIpc) is 2.65. The molecule has 108 valence electrons. The minimum Gasteiger partial charge on any atom is -0.350 e. The highest BCUT2D eigenvalue weighted by Crippen LogP contribution is 2.18. The van der Waals surface area contributed by atoms with Crippen molar-refractivity contribution in [3.05, 3.63) is 15.6 Å². The molecular weight excluding hydrogens is 286 g/mol. The molecule has 0 aliphatic carbocycles. The first kappa shape index (κ1) is 16.1. The van der Waals surface area contributed by atoms with Crippen LogP contribution < -0.4 is 10.0 Å². The fraction of sp³-hybridized carbons (Fsp3) is 0.636. The number of aromatic nitrogens is 1. The summed E-state index contributed by atoms with van der Waals surface area (Å²) in [7, 11) is -3.21. The van der Waals surface area contributed by atoms with E-state index in [1.807, 2.05) is 0 Å². The summed E-state index contributed by atoms with van der Waals surface area (Å²) in [5.41, 5.74) is 0.724. The molecule has 0 aromatic carbocycles. The van der Waals surface area contributed by atoms with Crippen molar-refractivity contribution >= 4 is 27.3 Å². The number of hydrogen-bond acceptors (Lipinski definition) is 5. The quantitative estimate of drug-likeness (QED) is 0.725. The Hall–Kier alpha value is -0.990. The highest BCUT2D eigenvalue weighted by Gasteiger charge is 2.14. The highest BCUT2D eigenvalue weighted by atomic mass is 32.2. The van der Waals surface area contributed by atoms with Gasteiger partial charge in [-0.3, -0.25) is 4.79 Å². The smallest absolute Gasteiger partial charge is 0.263 e. The third-order valence-electron chi connectivity index (χ3n) is 2.29. The van der Waals surface area contributed by atoms with Gasteiger partial charge < -0.3 is 5.32 Å². The van der Waals surface area contributed by atoms with Crippen LogP contribution in [0.3, 0.4) is 0 Å². The molecule has 1 heterocycles. The number of nitrogens with zero attached hydrogens (tertiary/aromatic N) is 1. The van der Waals surface area contributed by atoms with Crippen molar-refractivity contribution in [2.75, 3.05) is 19.3 Å². The van der Waals surface area contributed by atoms with Crippen LogP contribution in [0.5, 0.6) is 0 Å². The van der Waals surface area contributed by atoms with Crippen LogP contribution in [0.1, 0.15) is 33.7 Å². The molecule has 0 saturated heterocycles. The molecule has 1 amide bonds. The van der Waals surface area contributed by atoms with Gasteiger partial charge >= 0.3 is 0 Å². The number of carbonyl (C=O) groups excluding carboxylic acids is 1. The number of nitrogens with one attached hydrogen (secondary N) is 2. The predicted molar refractivity (Wildman–Crippen MR) is 76.0 cm³/mol. The summed E-state index contributed by atoms with van der Waals surface area (Å²) in [6, 6.07) is 0. The Morgan fingerprint density at radius 3 is 2.63 bits per heavy atom. The molecule has 0 radical (unpaired) electrons.